The molecule has 24 heavy (non-hydrogen) atoms. The number of benzene rings is 1. The van der Waals surface area contributed by atoms with Gasteiger partial charge < -0.3 is 10.6 Å². The van der Waals surface area contributed by atoms with E-state index in [1.807, 2.05) is 6.92 Å². The molecule has 0 spiro atoms. The van der Waals surface area contributed by atoms with E-state index in [0.29, 0.717) is 12.8 Å². The van der Waals surface area contributed by atoms with Gasteiger partial charge in [0.05, 0.1) is 5.56 Å². The van der Waals surface area contributed by atoms with Gasteiger partial charge in [0, 0.05) is 5.69 Å². The largest absolute Gasteiger partial charge is 0.416 e. The highest BCUT2D eigenvalue weighted by Crippen LogP contribution is 2.29. The summed E-state index contributed by atoms with van der Waals surface area (Å²) in [5.74, 6) is -1.15. The SMILES string of the molecule is CCCC1NC(=O)N(CC(=O)Nc2ccc(C(F)(F)F)cc2)C1=O. The molecule has 1 aliphatic heterocycles. The predicted molar refractivity (Wildman–Crippen MR) is 79.0 cm³/mol. The smallest absolute Gasteiger partial charge is 0.326 e. The molecule has 9 heteroatoms. The van der Waals surface area contributed by atoms with Gasteiger partial charge in [-0.15, -0.1) is 0 Å². The van der Waals surface area contributed by atoms with Crippen LogP contribution in [-0.2, 0) is 15.8 Å². The van der Waals surface area contributed by atoms with Crippen LogP contribution in [-0.4, -0.2) is 35.3 Å². The quantitative estimate of drug-likeness (QED) is 0.806. The van der Waals surface area contributed by atoms with Gasteiger partial charge in [0.25, 0.3) is 5.91 Å². The van der Waals surface area contributed by atoms with E-state index in [4.69, 9.17) is 0 Å². The highest BCUT2D eigenvalue weighted by molar-refractivity contribution is 6.07. The number of carbonyl (C=O) groups excluding carboxylic acids is 3. The van der Waals surface area contributed by atoms with Gasteiger partial charge >= 0.3 is 12.2 Å². The lowest BCUT2D eigenvalue weighted by Crippen LogP contribution is -2.38. The van der Waals surface area contributed by atoms with Gasteiger partial charge in [-0.3, -0.25) is 14.5 Å². The number of nitrogens with zero attached hydrogens (tertiary/aromatic N) is 1. The summed E-state index contributed by atoms with van der Waals surface area (Å²) in [6.07, 6.45) is -3.29. The number of halogens is 3. The van der Waals surface area contributed by atoms with E-state index in [1.165, 1.54) is 0 Å². The van der Waals surface area contributed by atoms with Crippen molar-refractivity contribution < 1.29 is 27.6 Å². The second-order valence-corrected chi connectivity index (χ2v) is 5.34. The zero-order valence-corrected chi connectivity index (χ0v) is 12.8. The minimum atomic E-state index is -4.46. The predicted octanol–water partition coefficient (Wildman–Crippen LogP) is 2.36. The highest BCUT2D eigenvalue weighted by atomic mass is 19.4. The molecule has 4 amide bonds. The summed E-state index contributed by atoms with van der Waals surface area (Å²) in [4.78, 5) is 36.4. The average molecular weight is 343 g/mol. The Bertz CT molecular complexity index is 644. The van der Waals surface area contributed by atoms with Crippen LogP contribution in [0.1, 0.15) is 25.3 Å². The van der Waals surface area contributed by atoms with E-state index in [0.717, 1.165) is 29.2 Å². The molecule has 1 aromatic rings. The molecule has 1 unspecified atom stereocenters. The number of nitrogens with one attached hydrogen (secondary N) is 2. The van der Waals surface area contributed by atoms with Gasteiger partial charge in [-0.05, 0) is 30.7 Å². The van der Waals surface area contributed by atoms with Crippen molar-refractivity contribution in [2.24, 2.45) is 0 Å². The zero-order chi connectivity index (χ0) is 17.9. The van der Waals surface area contributed by atoms with Crippen LogP contribution in [0.15, 0.2) is 24.3 Å². The molecule has 1 aromatic carbocycles. The maximum atomic E-state index is 12.5. The number of carbonyl (C=O) groups is 3. The van der Waals surface area contributed by atoms with Gasteiger partial charge in [0.15, 0.2) is 0 Å². The molecule has 0 saturated carbocycles. The fraction of sp³-hybridized carbons (Fsp3) is 0.400. The van der Waals surface area contributed by atoms with Crippen molar-refractivity contribution in [1.82, 2.24) is 10.2 Å². The molecule has 0 bridgehead atoms. The molecule has 0 radical (unpaired) electrons. The summed E-state index contributed by atoms with van der Waals surface area (Å²) in [6, 6.07) is 2.59. The maximum absolute atomic E-state index is 12.5. The van der Waals surface area contributed by atoms with Crippen LogP contribution in [0.2, 0.25) is 0 Å². The van der Waals surface area contributed by atoms with Gasteiger partial charge in [-0.25, -0.2) is 4.79 Å². The van der Waals surface area contributed by atoms with Crippen molar-refractivity contribution >= 4 is 23.5 Å². The third-order valence-corrected chi connectivity index (χ3v) is 3.48. The van der Waals surface area contributed by atoms with Crippen LogP contribution in [0.5, 0.6) is 0 Å². The van der Waals surface area contributed by atoms with Crippen molar-refractivity contribution in [2.45, 2.75) is 32.0 Å². The molecule has 1 aliphatic rings. The van der Waals surface area contributed by atoms with Crippen molar-refractivity contribution in [1.29, 1.82) is 0 Å². The van der Waals surface area contributed by atoms with Gasteiger partial charge in [-0.2, -0.15) is 13.2 Å². The Labute approximate surface area is 136 Å². The van der Waals surface area contributed by atoms with E-state index >= 15 is 0 Å². The fourth-order valence-corrected chi connectivity index (χ4v) is 2.30. The third-order valence-electron chi connectivity index (χ3n) is 3.48. The summed E-state index contributed by atoms with van der Waals surface area (Å²) < 4.78 is 37.4. The number of hydrogen-bond acceptors (Lipinski definition) is 3. The van der Waals surface area contributed by atoms with Gasteiger partial charge in [0.1, 0.15) is 12.6 Å². The van der Waals surface area contributed by atoms with E-state index in [1.54, 1.807) is 0 Å². The summed E-state index contributed by atoms with van der Waals surface area (Å²) in [5, 5.41) is 4.84. The van der Waals surface area contributed by atoms with Crippen LogP contribution < -0.4 is 10.6 Å². The van der Waals surface area contributed by atoms with Crippen LogP contribution in [0, 0.1) is 0 Å². The molecule has 2 N–H and O–H groups in total. The number of alkyl halides is 3. The van der Waals surface area contributed by atoms with Crippen molar-refractivity contribution in [2.75, 3.05) is 11.9 Å². The Hall–Kier alpha value is -2.58. The van der Waals surface area contributed by atoms with Crippen LogP contribution >= 0.6 is 0 Å². The summed E-state index contributed by atoms with van der Waals surface area (Å²) in [6.45, 7) is 1.37. The first-order valence-corrected chi connectivity index (χ1v) is 7.31. The standard InChI is InChI=1S/C15H16F3N3O3/c1-2-3-11-13(23)21(14(24)20-11)8-12(22)19-10-6-4-9(5-7-10)15(16,17)18/h4-7,11H,2-3,8H2,1H3,(H,19,22)(H,20,24). The highest BCUT2D eigenvalue weighted by Gasteiger charge is 2.38. The van der Waals surface area contributed by atoms with Crippen LogP contribution in [0.4, 0.5) is 23.7 Å². The molecule has 0 aliphatic carbocycles. The number of hydrogen-bond donors (Lipinski definition) is 2. The number of amides is 4. The molecule has 1 atom stereocenters. The maximum Gasteiger partial charge on any atom is 0.416 e. The first kappa shape index (κ1) is 17.8. The average Bonchev–Trinajstić information content (AvgIpc) is 2.75. The van der Waals surface area contributed by atoms with E-state index in [9.17, 15) is 27.6 Å². The second kappa shape index (κ2) is 6.90. The molecular formula is C15H16F3N3O3. The Morgan fingerprint density at radius 1 is 1.25 bits per heavy atom. The first-order valence-electron chi connectivity index (χ1n) is 7.31. The molecule has 2 rings (SSSR count). The summed E-state index contributed by atoms with van der Waals surface area (Å²) >= 11 is 0. The van der Waals surface area contributed by atoms with Crippen LogP contribution in [0.25, 0.3) is 0 Å². The molecule has 1 fully saturated rings. The Kier molecular flexibility index (Phi) is 5.10. The molecule has 6 nitrogen and oxygen atoms in total. The lowest BCUT2D eigenvalue weighted by atomic mass is 10.2. The first-order chi connectivity index (χ1) is 11.2. The minimum absolute atomic E-state index is 0.144. The van der Waals surface area contributed by atoms with Crippen molar-refractivity contribution in [3.05, 3.63) is 29.8 Å². The molecular weight excluding hydrogens is 327 g/mol. The fourth-order valence-electron chi connectivity index (χ4n) is 2.30. The monoisotopic (exact) mass is 343 g/mol. The summed E-state index contributed by atoms with van der Waals surface area (Å²) in [5.41, 5.74) is -0.692. The molecule has 130 valence electrons. The lowest BCUT2D eigenvalue weighted by Gasteiger charge is -2.13. The van der Waals surface area contributed by atoms with Crippen LogP contribution in [0.3, 0.4) is 0 Å². The van der Waals surface area contributed by atoms with E-state index in [2.05, 4.69) is 10.6 Å². The Morgan fingerprint density at radius 2 is 1.88 bits per heavy atom. The molecule has 1 heterocycles. The minimum Gasteiger partial charge on any atom is -0.326 e. The normalized spacial score (nSPS) is 17.8. The number of anilines is 1. The second-order valence-electron chi connectivity index (χ2n) is 5.34. The zero-order valence-electron chi connectivity index (χ0n) is 12.8. The van der Waals surface area contributed by atoms with Gasteiger partial charge in [-0.1, -0.05) is 13.3 Å². The van der Waals surface area contributed by atoms with E-state index < -0.39 is 42.2 Å². The third kappa shape index (κ3) is 4.03. The Balaban J connectivity index is 1.96. The van der Waals surface area contributed by atoms with Crippen molar-refractivity contribution in [3.8, 4) is 0 Å². The number of imide groups is 1. The molecule has 0 aromatic heterocycles. The summed E-state index contributed by atoms with van der Waals surface area (Å²) in [7, 11) is 0. The van der Waals surface area contributed by atoms with E-state index in [-0.39, 0.29) is 5.69 Å². The topological polar surface area (TPSA) is 78.5 Å². The molecule has 1 saturated heterocycles. The van der Waals surface area contributed by atoms with Crippen molar-refractivity contribution in [3.63, 3.8) is 0 Å². The number of rotatable bonds is 5. The Morgan fingerprint density at radius 3 is 2.42 bits per heavy atom. The van der Waals surface area contributed by atoms with Gasteiger partial charge in [0.2, 0.25) is 5.91 Å². The number of urea groups is 1. The lowest BCUT2D eigenvalue weighted by molar-refractivity contribution is -0.137.